The summed E-state index contributed by atoms with van der Waals surface area (Å²) in [5.74, 6) is 0.303. The third-order valence-electron chi connectivity index (χ3n) is 7.12. The summed E-state index contributed by atoms with van der Waals surface area (Å²) in [5, 5.41) is 5.93. The first-order valence-electron chi connectivity index (χ1n) is 12.2. The van der Waals surface area contributed by atoms with Gasteiger partial charge in [-0.1, -0.05) is 35.4 Å². The Morgan fingerprint density at radius 2 is 1.68 bits per heavy atom. The van der Waals surface area contributed by atoms with E-state index in [-0.39, 0.29) is 5.41 Å². The smallest absolute Gasteiger partial charge is 0.401 e. The van der Waals surface area contributed by atoms with Gasteiger partial charge >= 0.3 is 13.1 Å². The van der Waals surface area contributed by atoms with Gasteiger partial charge in [0.1, 0.15) is 5.84 Å². The monoisotopic (exact) mass is 524 g/mol. The van der Waals surface area contributed by atoms with Crippen molar-refractivity contribution in [2.75, 3.05) is 18.5 Å². The van der Waals surface area contributed by atoms with Crippen molar-refractivity contribution in [3.63, 3.8) is 0 Å². The summed E-state index contributed by atoms with van der Waals surface area (Å²) in [6.45, 7) is 13.0. The SMILES string of the molecule is Cc1ccc(N=C(C=C(N)C2(C)COC2)NC(=O)Nc2ccc(B3OC(C)(C)C(C)(C)O3)cc2Cl)cc1. The molecule has 0 aliphatic carbocycles. The largest absolute Gasteiger partial charge is 0.494 e. The topological polar surface area (TPSA) is 107 Å². The molecule has 2 aromatic rings. The van der Waals surface area contributed by atoms with Crippen molar-refractivity contribution in [1.29, 1.82) is 0 Å². The van der Waals surface area contributed by atoms with E-state index in [0.717, 1.165) is 11.0 Å². The number of amidine groups is 1. The lowest BCUT2D eigenvalue weighted by atomic mass is 9.79. The standard InChI is InChI=1S/C27H34BClN4O4/c1-17-7-10-19(11-8-17)31-23(14-22(30)27(6)15-35-16-27)33-24(34)32-21-12-9-18(13-20(21)29)28-36-25(2,3)26(4,5)37-28/h7-14H,15-16,30H2,1-6H3,(H2,31,32,33,34). The van der Waals surface area contributed by atoms with Crippen molar-refractivity contribution in [2.45, 2.75) is 52.7 Å². The number of carbonyl (C=O) groups excluding carboxylic acids is 1. The van der Waals surface area contributed by atoms with Gasteiger partial charge in [-0.15, -0.1) is 0 Å². The highest BCUT2D eigenvalue weighted by Gasteiger charge is 2.51. The molecule has 0 radical (unpaired) electrons. The van der Waals surface area contributed by atoms with E-state index < -0.39 is 24.4 Å². The van der Waals surface area contributed by atoms with Crippen LogP contribution in [0.25, 0.3) is 0 Å². The van der Waals surface area contributed by atoms with Crippen molar-refractivity contribution in [3.05, 3.63) is 64.8 Å². The minimum absolute atomic E-state index is 0.293. The molecule has 2 amide bonds. The number of aryl methyl sites for hydroxylation is 1. The quantitative estimate of drug-likeness (QED) is 0.299. The molecule has 37 heavy (non-hydrogen) atoms. The minimum atomic E-state index is -0.552. The summed E-state index contributed by atoms with van der Waals surface area (Å²) >= 11 is 6.52. The fraction of sp³-hybridized carbons (Fsp3) is 0.407. The van der Waals surface area contributed by atoms with Crippen LogP contribution in [0.4, 0.5) is 16.2 Å². The Bertz CT molecular complexity index is 1220. The molecule has 0 bridgehead atoms. The normalized spacial score (nSPS) is 20.4. The molecule has 10 heteroatoms. The minimum Gasteiger partial charge on any atom is -0.401 e. The molecule has 4 rings (SSSR count). The number of nitrogens with zero attached hydrogens (tertiary/aromatic N) is 1. The van der Waals surface area contributed by atoms with Crippen LogP contribution in [0.1, 0.15) is 40.2 Å². The molecule has 196 valence electrons. The van der Waals surface area contributed by atoms with E-state index in [0.29, 0.717) is 41.1 Å². The second-order valence-electron chi connectivity index (χ2n) is 10.9. The molecular weight excluding hydrogens is 491 g/mol. The van der Waals surface area contributed by atoms with Crippen LogP contribution in [0.5, 0.6) is 0 Å². The van der Waals surface area contributed by atoms with E-state index in [1.807, 2.05) is 71.9 Å². The number of rotatable bonds is 5. The molecule has 0 saturated carbocycles. The molecule has 0 spiro atoms. The van der Waals surface area contributed by atoms with Crippen LogP contribution in [0.15, 0.2) is 59.2 Å². The molecule has 8 nitrogen and oxygen atoms in total. The average molecular weight is 525 g/mol. The van der Waals surface area contributed by atoms with Crippen LogP contribution in [-0.2, 0) is 14.0 Å². The number of aliphatic imine (C=N–C) groups is 1. The van der Waals surface area contributed by atoms with Crippen LogP contribution in [0.2, 0.25) is 5.02 Å². The Morgan fingerprint density at radius 3 is 2.22 bits per heavy atom. The average Bonchev–Trinajstić information content (AvgIpc) is 3.01. The van der Waals surface area contributed by atoms with Gasteiger partial charge in [0.25, 0.3) is 0 Å². The number of carbonyl (C=O) groups is 1. The number of amides is 2. The molecule has 0 atom stereocenters. The van der Waals surface area contributed by atoms with Crippen molar-refractivity contribution < 1.29 is 18.8 Å². The summed E-state index contributed by atoms with van der Waals surface area (Å²) in [4.78, 5) is 17.5. The van der Waals surface area contributed by atoms with Crippen LogP contribution in [-0.4, -0.2) is 43.4 Å². The second kappa shape index (κ2) is 10.1. The van der Waals surface area contributed by atoms with E-state index in [2.05, 4.69) is 15.6 Å². The fourth-order valence-electron chi connectivity index (χ4n) is 3.78. The third-order valence-corrected chi connectivity index (χ3v) is 7.43. The molecule has 2 heterocycles. The highest BCUT2D eigenvalue weighted by atomic mass is 35.5. The fourth-order valence-corrected chi connectivity index (χ4v) is 4.02. The van der Waals surface area contributed by atoms with Gasteiger partial charge in [-0.3, -0.25) is 5.32 Å². The molecule has 4 N–H and O–H groups in total. The number of hydrogen-bond donors (Lipinski definition) is 3. The van der Waals surface area contributed by atoms with Crippen LogP contribution in [0, 0.1) is 12.3 Å². The van der Waals surface area contributed by atoms with Gasteiger partial charge in [-0.25, -0.2) is 9.79 Å². The molecular formula is C27H34BClN4O4. The van der Waals surface area contributed by atoms with Crippen molar-refractivity contribution in [3.8, 4) is 0 Å². The van der Waals surface area contributed by atoms with Crippen LogP contribution < -0.4 is 21.8 Å². The van der Waals surface area contributed by atoms with E-state index in [1.54, 1.807) is 18.2 Å². The van der Waals surface area contributed by atoms with Gasteiger partial charge in [0.2, 0.25) is 0 Å². The summed E-state index contributed by atoms with van der Waals surface area (Å²) in [5.41, 5.74) is 8.69. The van der Waals surface area contributed by atoms with E-state index >= 15 is 0 Å². The number of benzene rings is 2. The number of urea groups is 1. The third kappa shape index (κ3) is 6.01. The molecule has 0 unspecified atom stereocenters. The van der Waals surface area contributed by atoms with E-state index in [4.69, 9.17) is 31.4 Å². The Labute approximate surface area is 223 Å². The van der Waals surface area contributed by atoms with Crippen LogP contribution in [0.3, 0.4) is 0 Å². The van der Waals surface area contributed by atoms with Gasteiger partial charge in [0.05, 0.1) is 46.2 Å². The second-order valence-corrected chi connectivity index (χ2v) is 11.3. The summed E-state index contributed by atoms with van der Waals surface area (Å²) in [7, 11) is -0.552. The van der Waals surface area contributed by atoms with Crippen molar-refractivity contribution in [2.24, 2.45) is 16.1 Å². The maximum atomic E-state index is 12.9. The Balaban J connectivity index is 1.50. The first-order valence-corrected chi connectivity index (χ1v) is 12.6. The summed E-state index contributed by atoms with van der Waals surface area (Å²) in [6.07, 6.45) is 1.67. The molecule has 2 fully saturated rings. The number of anilines is 1. The van der Waals surface area contributed by atoms with Gasteiger partial charge in [0, 0.05) is 11.8 Å². The number of nitrogens with one attached hydrogen (secondary N) is 2. The zero-order valence-corrected chi connectivity index (χ0v) is 22.9. The highest BCUT2D eigenvalue weighted by molar-refractivity contribution is 6.62. The van der Waals surface area contributed by atoms with Gasteiger partial charge < -0.3 is 25.1 Å². The number of ether oxygens (including phenoxy) is 1. The van der Waals surface area contributed by atoms with E-state index in [1.165, 1.54) is 0 Å². The van der Waals surface area contributed by atoms with Gasteiger partial charge in [0.15, 0.2) is 0 Å². The molecule has 2 saturated heterocycles. The van der Waals surface area contributed by atoms with E-state index in [9.17, 15) is 4.79 Å². The molecule has 2 aromatic carbocycles. The zero-order chi connectivity index (χ0) is 27.0. The maximum Gasteiger partial charge on any atom is 0.494 e. The number of halogens is 1. The lowest BCUT2D eigenvalue weighted by molar-refractivity contribution is -0.0784. The predicted molar refractivity (Wildman–Crippen MR) is 149 cm³/mol. The first-order chi connectivity index (χ1) is 17.3. The molecule has 2 aliphatic rings. The lowest BCUT2D eigenvalue weighted by Crippen LogP contribution is -2.45. The lowest BCUT2D eigenvalue weighted by Gasteiger charge is -2.38. The highest BCUT2D eigenvalue weighted by Crippen LogP contribution is 2.37. The Morgan fingerprint density at radius 1 is 1.05 bits per heavy atom. The van der Waals surface area contributed by atoms with Gasteiger partial charge in [-0.05, 0) is 71.3 Å². The van der Waals surface area contributed by atoms with Crippen molar-refractivity contribution in [1.82, 2.24) is 5.32 Å². The van der Waals surface area contributed by atoms with Gasteiger partial charge in [-0.2, -0.15) is 0 Å². The predicted octanol–water partition coefficient (Wildman–Crippen LogP) is 4.68. The zero-order valence-electron chi connectivity index (χ0n) is 22.1. The van der Waals surface area contributed by atoms with Crippen molar-refractivity contribution >= 4 is 47.4 Å². The summed E-state index contributed by atoms with van der Waals surface area (Å²) < 4.78 is 17.5. The molecule has 0 aromatic heterocycles. The maximum absolute atomic E-state index is 12.9. The first kappa shape index (κ1) is 27.2. The Hall–Kier alpha value is -2.85. The molecule has 2 aliphatic heterocycles. The number of hydrogen-bond acceptors (Lipinski definition) is 6. The summed E-state index contributed by atoms with van der Waals surface area (Å²) in [6, 6.07) is 12.4. The number of nitrogens with two attached hydrogens (primary N) is 1. The Kier molecular flexibility index (Phi) is 7.45. The van der Waals surface area contributed by atoms with Crippen LogP contribution >= 0.6 is 11.6 Å².